The van der Waals surface area contributed by atoms with E-state index in [1.807, 2.05) is 0 Å². The average molecular weight is 291 g/mol. The molecule has 16 heavy (non-hydrogen) atoms. The van der Waals surface area contributed by atoms with E-state index in [0.717, 1.165) is 32.1 Å². The van der Waals surface area contributed by atoms with Gasteiger partial charge < -0.3 is 10.6 Å². The van der Waals surface area contributed by atoms with Crippen molar-refractivity contribution in [2.75, 3.05) is 12.4 Å². The number of nitrogens with one attached hydrogen (secondary N) is 2. The van der Waals surface area contributed by atoms with Gasteiger partial charge in [0.1, 0.15) is 0 Å². The second-order valence-corrected chi connectivity index (χ2v) is 4.78. The lowest BCUT2D eigenvalue weighted by atomic mass is 9.99. The quantitative estimate of drug-likeness (QED) is 0.606. The van der Waals surface area contributed by atoms with Crippen molar-refractivity contribution in [3.05, 3.63) is 0 Å². The van der Waals surface area contributed by atoms with Gasteiger partial charge in [0.2, 0.25) is 11.8 Å². The van der Waals surface area contributed by atoms with Gasteiger partial charge >= 0.3 is 0 Å². The first-order valence-corrected chi connectivity index (χ1v) is 6.86. The average Bonchev–Trinajstić information content (AvgIpc) is 2.53. The molecule has 1 aliphatic rings. The van der Waals surface area contributed by atoms with Crippen molar-refractivity contribution in [3.8, 4) is 0 Å². The van der Waals surface area contributed by atoms with Crippen LogP contribution in [0.2, 0.25) is 0 Å². The fourth-order valence-corrected chi connectivity index (χ4v) is 2.34. The van der Waals surface area contributed by atoms with Crippen LogP contribution in [0.4, 0.5) is 0 Å². The molecule has 1 saturated carbocycles. The van der Waals surface area contributed by atoms with Gasteiger partial charge in [0.25, 0.3) is 0 Å². The smallest absolute Gasteiger partial charge is 0.230 e. The molecule has 0 radical (unpaired) electrons. The van der Waals surface area contributed by atoms with Gasteiger partial charge in [0.05, 0.1) is 5.33 Å². The fourth-order valence-electron chi connectivity index (χ4n) is 2.18. The Hall–Kier alpha value is -0.580. The van der Waals surface area contributed by atoms with Gasteiger partial charge in [0.15, 0.2) is 0 Å². The van der Waals surface area contributed by atoms with E-state index < -0.39 is 0 Å². The zero-order valence-corrected chi connectivity index (χ0v) is 11.2. The number of halogens is 1. The molecule has 0 heterocycles. The molecule has 2 N–H and O–H groups in total. The third-order valence-corrected chi connectivity index (χ3v) is 3.58. The number of carbonyl (C=O) groups is 2. The molecule has 4 nitrogen and oxygen atoms in total. The minimum absolute atomic E-state index is 0.0309. The minimum Gasteiger partial charge on any atom is -0.359 e. The monoisotopic (exact) mass is 290 g/mol. The number of hydrogen-bond donors (Lipinski definition) is 2. The summed E-state index contributed by atoms with van der Waals surface area (Å²) in [5.74, 6) is 0.284. The van der Waals surface area contributed by atoms with Crippen molar-refractivity contribution in [3.63, 3.8) is 0 Å². The van der Waals surface area contributed by atoms with Crippen LogP contribution in [0.25, 0.3) is 0 Å². The van der Waals surface area contributed by atoms with Crippen molar-refractivity contribution in [1.82, 2.24) is 10.6 Å². The Morgan fingerprint density at radius 2 is 2.00 bits per heavy atom. The van der Waals surface area contributed by atoms with E-state index in [-0.39, 0.29) is 23.8 Å². The summed E-state index contributed by atoms with van der Waals surface area (Å²) >= 11 is 3.13. The van der Waals surface area contributed by atoms with Gasteiger partial charge in [-0.15, -0.1) is 0 Å². The van der Waals surface area contributed by atoms with Gasteiger partial charge in [-0.25, -0.2) is 0 Å². The molecule has 2 amide bonds. The number of hydrogen-bond acceptors (Lipinski definition) is 2. The Morgan fingerprint density at radius 1 is 1.25 bits per heavy atom. The maximum Gasteiger partial charge on any atom is 0.230 e. The van der Waals surface area contributed by atoms with Crippen LogP contribution in [-0.4, -0.2) is 30.2 Å². The molecule has 0 aromatic rings. The molecule has 0 saturated heterocycles. The molecule has 92 valence electrons. The highest BCUT2D eigenvalue weighted by molar-refractivity contribution is 9.09. The van der Waals surface area contributed by atoms with E-state index in [1.165, 1.54) is 0 Å². The highest BCUT2D eigenvalue weighted by atomic mass is 79.9. The summed E-state index contributed by atoms with van der Waals surface area (Å²) in [6, 6.07) is 0.236. The maximum atomic E-state index is 11.5. The molecule has 0 bridgehead atoms. The Kier molecular flexibility index (Phi) is 5.80. The molecule has 5 heteroatoms. The van der Waals surface area contributed by atoms with E-state index in [1.54, 1.807) is 7.05 Å². The molecular formula is C11H19BrN2O2. The topological polar surface area (TPSA) is 58.2 Å². The van der Waals surface area contributed by atoms with E-state index in [4.69, 9.17) is 0 Å². The second-order valence-electron chi connectivity index (χ2n) is 4.22. The SMILES string of the molecule is CNC(=O)C1CCCC(NC(=O)CBr)CC1. The van der Waals surface area contributed by atoms with Crippen LogP contribution in [-0.2, 0) is 9.59 Å². The summed E-state index contributed by atoms with van der Waals surface area (Å²) in [6.45, 7) is 0. The van der Waals surface area contributed by atoms with Crippen molar-refractivity contribution in [2.24, 2.45) is 5.92 Å². The zero-order chi connectivity index (χ0) is 12.0. The zero-order valence-electron chi connectivity index (χ0n) is 9.59. The highest BCUT2D eigenvalue weighted by Gasteiger charge is 2.23. The van der Waals surface area contributed by atoms with Crippen molar-refractivity contribution in [2.45, 2.75) is 38.1 Å². The third-order valence-electron chi connectivity index (χ3n) is 3.07. The fraction of sp³-hybridized carbons (Fsp3) is 0.818. The Balaban J connectivity index is 2.40. The van der Waals surface area contributed by atoms with Crippen molar-refractivity contribution in [1.29, 1.82) is 0 Å². The van der Waals surface area contributed by atoms with E-state index >= 15 is 0 Å². The summed E-state index contributed by atoms with van der Waals surface area (Å²) in [7, 11) is 1.68. The van der Waals surface area contributed by atoms with Gasteiger partial charge in [0, 0.05) is 19.0 Å². The number of rotatable bonds is 3. The molecule has 0 aromatic carbocycles. The lowest BCUT2D eigenvalue weighted by Crippen LogP contribution is -2.35. The van der Waals surface area contributed by atoms with Gasteiger partial charge in [-0.2, -0.15) is 0 Å². The standard InChI is InChI=1S/C11H19BrN2O2/c1-13-11(16)8-3-2-4-9(6-5-8)14-10(15)7-12/h8-9H,2-7H2,1H3,(H,13,16)(H,14,15). The molecule has 1 aliphatic carbocycles. The maximum absolute atomic E-state index is 11.5. The first-order valence-electron chi connectivity index (χ1n) is 5.74. The molecule has 0 aliphatic heterocycles. The van der Waals surface area contributed by atoms with Crippen LogP contribution in [0, 0.1) is 5.92 Å². The molecule has 1 fully saturated rings. The van der Waals surface area contributed by atoms with Crippen molar-refractivity contribution < 1.29 is 9.59 Å². The Labute approximate surface area is 105 Å². The van der Waals surface area contributed by atoms with E-state index in [9.17, 15) is 9.59 Å². The Morgan fingerprint density at radius 3 is 2.62 bits per heavy atom. The summed E-state index contributed by atoms with van der Waals surface area (Å²) < 4.78 is 0. The molecule has 0 aromatic heterocycles. The van der Waals surface area contributed by atoms with Gasteiger partial charge in [-0.3, -0.25) is 9.59 Å². The Bertz CT molecular complexity index is 258. The van der Waals surface area contributed by atoms with Gasteiger partial charge in [-0.1, -0.05) is 22.4 Å². The normalized spacial score (nSPS) is 25.6. The van der Waals surface area contributed by atoms with Crippen LogP contribution in [0.15, 0.2) is 0 Å². The third kappa shape index (κ3) is 4.12. The lowest BCUT2D eigenvalue weighted by molar-refractivity contribution is -0.124. The molecule has 0 spiro atoms. The summed E-state index contributed by atoms with van der Waals surface area (Å²) in [5.41, 5.74) is 0. The van der Waals surface area contributed by atoms with Crippen LogP contribution < -0.4 is 10.6 Å². The van der Waals surface area contributed by atoms with Crippen LogP contribution in [0.5, 0.6) is 0 Å². The van der Waals surface area contributed by atoms with Crippen LogP contribution in [0.3, 0.4) is 0 Å². The number of alkyl halides is 1. The molecule has 1 rings (SSSR count). The largest absolute Gasteiger partial charge is 0.359 e. The summed E-state index contributed by atoms with van der Waals surface area (Å²) in [5, 5.41) is 6.01. The van der Waals surface area contributed by atoms with E-state index in [0.29, 0.717) is 5.33 Å². The second kappa shape index (κ2) is 6.89. The first-order chi connectivity index (χ1) is 7.67. The summed E-state index contributed by atoms with van der Waals surface area (Å²) in [4.78, 5) is 22.7. The summed E-state index contributed by atoms with van der Waals surface area (Å²) in [6.07, 6.45) is 4.68. The minimum atomic E-state index is 0.0309. The number of carbonyl (C=O) groups excluding carboxylic acids is 2. The molecule has 2 atom stereocenters. The van der Waals surface area contributed by atoms with E-state index in [2.05, 4.69) is 26.6 Å². The highest BCUT2D eigenvalue weighted by Crippen LogP contribution is 2.23. The molecular weight excluding hydrogens is 272 g/mol. The van der Waals surface area contributed by atoms with Crippen LogP contribution >= 0.6 is 15.9 Å². The predicted molar refractivity (Wildman–Crippen MR) is 66.4 cm³/mol. The number of amides is 2. The van der Waals surface area contributed by atoms with Crippen molar-refractivity contribution >= 4 is 27.7 Å². The molecule has 2 unspecified atom stereocenters. The van der Waals surface area contributed by atoms with Crippen LogP contribution in [0.1, 0.15) is 32.1 Å². The predicted octanol–water partition coefficient (Wildman–Crippen LogP) is 1.19. The first kappa shape index (κ1) is 13.5. The van der Waals surface area contributed by atoms with Gasteiger partial charge in [-0.05, 0) is 25.7 Å². The lowest BCUT2D eigenvalue weighted by Gasteiger charge is -2.15.